The maximum Gasteiger partial charge on any atom is 0.191 e. The zero-order valence-corrected chi connectivity index (χ0v) is 18.8. The third-order valence-electron chi connectivity index (χ3n) is 5.48. The van der Waals surface area contributed by atoms with Crippen LogP contribution in [0, 0.1) is 0 Å². The van der Waals surface area contributed by atoms with Gasteiger partial charge in [-0.2, -0.15) is 0 Å². The largest absolute Gasteiger partial charge is 0.373 e. The summed E-state index contributed by atoms with van der Waals surface area (Å²) in [6, 6.07) is 0.433. The molecule has 1 aliphatic carbocycles. The lowest BCUT2D eigenvalue weighted by Gasteiger charge is -2.22. The standard InChI is InChI=1S/C19H30N4OS.HI/c1-2-20-19(23-15-12-13-9-10-16(15)24-13)21-11-5-8-18-22-14-6-3-4-7-17(14)25-18;/h13,15-16H,2-12H2,1H3,(H2,20,21,23);1H. The Kier molecular flexibility index (Phi) is 7.57. The molecule has 4 rings (SSSR count). The minimum absolute atomic E-state index is 0. The fraction of sp³-hybridized carbons (Fsp3) is 0.789. The van der Waals surface area contributed by atoms with Crippen LogP contribution in [0.5, 0.6) is 0 Å². The highest BCUT2D eigenvalue weighted by molar-refractivity contribution is 14.0. The lowest BCUT2D eigenvalue weighted by atomic mass is 9.96. The van der Waals surface area contributed by atoms with E-state index in [1.54, 1.807) is 0 Å². The summed E-state index contributed by atoms with van der Waals surface area (Å²) in [6.07, 6.45) is 11.6. The maximum absolute atomic E-state index is 5.94. The Labute approximate surface area is 177 Å². The summed E-state index contributed by atoms with van der Waals surface area (Å²) >= 11 is 1.93. The normalized spacial score (nSPS) is 27.1. The maximum atomic E-state index is 5.94. The average molecular weight is 490 g/mol. The van der Waals surface area contributed by atoms with E-state index in [-0.39, 0.29) is 24.0 Å². The monoisotopic (exact) mass is 490 g/mol. The van der Waals surface area contributed by atoms with Gasteiger partial charge in [0, 0.05) is 24.4 Å². The first-order valence-corrected chi connectivity index (χ1v) is 10.8. The summed E-state index contributed by atoms with van der Waals surface area (Å²) in [5.74, 6) is 0.946. The first kappa shape index (κ1) is 20.3. The van der Waals surface area contributed by atoms with Crippen LogP contribution in [0.25, 0.3) is 0 Å². The predicted octanol–water partition coefficient (Wildman–Crippen LogP) is 3.45. The molecule has 2 bridgehead atoms. The van der Waals surface area contributed by atoms with Crippen molar-refractivity contribution in [2.24, 2.45) is 4.99 Å². The molecule has 2 fully saturated rings. The third-order valence-corrected chi connectivity index (χ3v) is 6.70. The van der Waals surface area contributed by atoms with Crippen LogP contribution in [0.15, 0.2) is 4.99 Å². The predicted molar refractivity (Wildman–Crippen MR) is 118 cm³/mol. The Morgan fingerprint density at radius 3 is 2.92 bits per heavy atom. The van der Waals surface area contributed by atoms with Gasteiger partial charge >= 0.3 is 0 Å². The van der Waals surface area contributed by atoms with Crippen molar-refractivity contribution in [3.05, 3.63) is 15.6 Å². The molecule has 7 heteroatoms. The lowest BCUT2D eigenvalue weighted by molar-refractivity contribution is 0.0992. The number of guanidine groups is 1. The van der Waals surface area contributed by atoms with E-state index >= 15 is 0 Å². The van der Waals surface area contributed by atoms with Crippen LogP contribution in [0.4, 0.5) is 0 Å². The zero-order valence-electron chi connectivity index (χ0n) is 15.6. The van der Waals surface area contributed by atoms with Crippen LogP contribution in [-0.4, -0.2) is 42.3 Å². The summed E-state index contributed by atoms with van der Waals surface area (Å²) in [5.41, 5.74) is 1.38. The van der Waals surface area contributed by atoms with E-state index in [9.17, 15) is 0 Å². The number of aromatic nitrogens is 1. The number of rotatable bonds is 6. The topological polar surface area (TPSA) is 58.5 Å². The van der Waals surface area contributed by atoms with Gasteiger partial charge in [0.2, 0.25) is 0 Å². The Balaban J connectivity index is 0.00000196. The minimum atomic E-state index is 0. The molecule has 146 valence electrons. The van der Waals surface area contributed by atoms with Crippen LogP contribution < -0.4 is 10.6 Å². The molecule has 0 aromatic carbocycles. The summed E-state index contributed by atoms with van der Waals surface area (Å²) < 4.78 is 5.94. The molecule has 2 saturated heterocycles. The highest BCUT2D eigenvalue weighted by Crippen LogP contribution is 2.34. The van der Waals surface area contributed by atoms with Crippen LogP contribution in [-0.2, 0) is 24.0 Å². The average Bonchev–Trinajstić information content (AvgIpc) is 3.33. The Morgan fingerprint density at radius 1 is 1.31 bits per heavy atom. The highest BCUT2D eigenvalue weighted by Gasteiger charge is 2.41. The van der Waals surface area contributed by atoms with Crippen molar-refractivity contribution < 1.29 is 4.74 Å². The van der Waals surface area contributed by atoms with E-state index in [1.807, 2.05) is 11.3 Å². The van der Waals surface area contributed by atoms with Gasteiger partial charge in [0.1, 0.15) is 0 Å². The van der Waals surface area contributed by atoms with Gasteiger partial charge in [0.25, 0.3) is 0 Å². The summed E-state index contributed by atoms with van der Waals surface area (Å²) in [5, 5.41) is 8.27. The second-order valence-corrected chi connectivity index (χ2v) is 8.58. The van der Waals surface area contributed by atoms with Crippen molar-refractivity contribution >= 4 is 41.3 Å². The molecule has 3 heterocycles. The van der Waals surface area contributed by atoms with E-state index in [4.69, 9.17) is 14.7 Å². The number of fused-ring (bicyclic) bond motifs is 3. The second-order valence-electron chi connectivity index (χ2n) is 7.41. The van der Waals surface area contributed by atoms with E-state index < -0.39 is 0 Å². The first-order valence-electron chi connectivity index (χ1n) is 9.99. The summed E-state index contributed by atoms with van der Waals surface area (Å²) in [6.45, 7) is 3.86. The number of halogens is 1. The fourth-order valence-corrected chi connectivity index (χ4v) is 5.42. The van der Waals surface area contributed by atoms with E-state index in [0.29, 0.717) is 18.2 Å². The van der Waals surface area contributed by atoms with Gasteiger partial charge in [-0.15, -0.1) is 35.3 Å². The SMILES string of the molecule is CCNC(=NCCCc1nc2c(s1)CCCC2)NC1CC2CCC1O2.I. The molecular weight excluding hydrogens is 459 g/mol. The fourth-order valence-electron chi connectivity index (χ4n) is 4.22. The molecule has 26 heavy (non-hydrogen) atoms. The van der Waals surface area contributed by atoms with Crippen molar-refractivity contribution in [1.82, 2.24) is 15.6 Å². The van der Waals surface area contributed by atoms with Gasteiger partial charge in [-0.1, -0.05) is 0 Å². The number of nitrogens with one attached hydrogen (secondary N) is 2. The molecular formula is C19H31IN4OS. The van der Waals surface area contributed by atoms with E-state index in [0.717, 1.165) is 38.3 Å². The smallest absolute Gasteiger partial charge is 0.191 e. The van der Waals surface area contributed by atoms with Crippen molar-refractivity contribution in [2.45, 2.75) is 83.0 Å². The molecule has 3 atom stereocenters. The van der Waals surface area contributed by atoms with Gasteiger partial charge in [0.05, 0.1) is 29.0 Å². The van der Waals surface area contributed by atoms with Gasteiger partial charge in [-0.25, -0.2) is 4.98 Å². The van der Waals surface area contributed by atoms with Crippen molar-refractivity contribution in [1.29, 1.82) is 0 Å². The molecule has 3 unspecified atom stereocenters. The molecule has 2 aliphatic heterocycles. The van der Waals surface area contributed by atoms with Crippen LogP contribution in [0.3, 0.4) is 0 Å². The number of hydrogen-bond acceptors (Lipinski definition) is 4. The number of aliphatic imine (C=N–C) groups is 1. The van der Waals surface area contributed by atoms with Crippen LogP contribution in [0.2, 0.25) is 0 Å². The molecule has 5 nitrogen and oxygen atoms in total. The minimum Gasteiger partial charge on any atom is -0.373 e. The molecule has 1 aromatic heterocycles. The number of aryl methyl sites for hydroxylation is 3. The molecule has 0 amide bonds. The molecule has 3 aliphatic rings. The van der Waals surface area contributed by atoms with Crippen molar-refractivity contribution in [3.8, 4) is 0 Å². The van der Waals surface area contributed by atoms with Gasteiger partial charge in [0.15, 0.2) is 5.96 Å². The van der Waals surface area contributed by atoms with Gasteiger partial charge in [-0.05, 0) is 58.3 Å². The van der Waals surface area contributed by atoms with Crippen molar-refractivity contribution in [2.75, 3.05) is 13.1 Å². The van der Waals surface area contributed by atoms with Gasteiger partial charge < -0.3 is 15.4 Å². The Hall–Kier alpha value is -0.410. The van der Waals surface area contributed by atoms with Gasteiger partial charge in [-0.3, -0.25) is 4.99 Å². The number of thiazole rings is 1. The first-order chi connectivity index (χ1) is 12.3. The van der Waals surface area contributed by atoms with Crippen molar-refractivity contribution in [3.63, 3.8) is 0 Å². The molecule has 0 spiro atoms. The highest BCUT2D eigenvalue weighted by atomic mass is 127. The molecule has 2 N–H and O–H groups in total. The Bertz CT molecular complexity index is 597. The number of nitrogens with zero attached hydrogens (tertiary/aromatic N) is 2. The van der Waals surface area contributed by atoms with Crippen LogP contribution in [0.1, 0.15) is 61.0 Å². The molecule has 1 aromatic rings. The third kappa shape index (κ3) is 4.90. The van der Waals surface area contributed by atoms with E-state index in [2.05, 4.69) is 17.6 Å². The Morgan fingerprint density at radius 2 is 2.19 bits per heavy atom. The summed E-state index contributed by atoms with van der Waals surface area (Å²) in [7, 11) is 0. The second kappa shape index (κ2) is 9.68. The van der Waals surface area contributed by atoms with Crippen LogP contribution >= 0.6 is 35.3 Å². The quantitative estimate of drug-likeness (QED) is 0.278. The lowest BCUT2D eigenvalue weighted by Crippen LogP contribution is -2.47. The number of hydrogen-bond donors (Lipinski definition) is 2. The molecule has 0 saturated carbocycles. The zero-order chi connectivity index (χ0) is 17.1. The van der Waals surface area contributed by atoms with E-state index in [1.165, 1.54) is 54.1 Å². The number of ether oxygens (including phenoxy) is 1. The summed E-state index contributed by atoms with van der Waals surface area (Å²) in [4.78, 5) is 11.1. The molecule has 0 radical (unpaired) electrons.